The molecule has 7 rings (SSSR count). The molecule has 4 fully saturated rings. The number of guanidine groups is 1. The number of alkyl carbamates (subject to hydrolysis) is 1. The molecule has 16 heteroatoms. The fourth-order valence-corrected chi connectivity index (χ4v) is 9.35. The normalized spacial score (nSPS) is 24.2. The van der Waals surface area contributed by atoms with Crippen LogP contribution in [-0.2, 0) is 23.6 Å². The van der Waals surface area contributed by atoms with Crippen LogP contribution in [0.4, 0.5) is 4.79 Å². The Labute approximate surface area is 328 Å². The van der Waals surface area contributed by atoms with Crippen molar-refractivity contribution >= 4 is 31.0 Å². The average Bonchev–Trinajstić information content (AvgIpc) is 3.67. The van der Waals surface area contributed by atoms with Crippen LogP contribution in [0.5, 0.6) is 0 Å². The third-order valence-electron chi connectivity index (χ3n) is 12.3. The van der Waals surface area contributed by atoms with E-state index in [1.54, 1.807) is 5.43 Å². The third kappa shape index (κ3) is 8.96. The number of hydrazine groups is 1. The second-order valence-electron chi connectivity index (χ2n) is 16.8. The highest BCUT2D eigenvalue weighted by Gasteiger charge is 2.68. The van der Waals surface area contributed by atoms with Gasteiger partial charge in [0, 0.05) is 25.4 Å². The Kier molecular flexibility index (Phi) is 12.6. The van der Waals surface area contributed by atoms with Crippen LogP contribution in [0.15, 0.2) is 53.5 Å². The van der Waals surface area contributed by atoms with Gasteiger partial charge in [0.25, 0.3) is 5.96 Å². The molecule has 0 spiro atoms. The van der Waals surface area contributed by atoms with E-state index in [1.807, 2.05) is 24.3 Å². The van der Waals surface area contributed by atoms with Gasteiger partial charge < -0.3 is 35.7 Å². The summed E-state index contributed by atoms with van der Waals surface area (Å²) in [6.07, 6.45) is 2.88. The third-order valence-corrected chi connectivity index (χ3v) is 12.3. The van der Waals surface area contributed by atoms with Gasteiger partial charge in [-0.15, -0.1) is 0 Å². The lowest BCUT2D eigenvalue weighted by Gasteiger charge is -2.64. The van der Waals surface area contributed by atoms with E-state index in [4.69, 9.17) is 19.8 Å². The SMILES string of the molecule is CC(C)C[C@H](NC(=O)[C@H](CCCN=C(N)N[N+](=O)[O-])NC(=O)CCCNC(=O)OCC1c2ccccc2-c2ccccc21)B1O[C@@H]2C[C@@H]3C[C@@H](C3(C)C)[C@]2(C)O1. The summed E-state index contributed by atoms with van der Waals surface area (Å²) in [6.45, 7) is 11.4. The summed E-state index contributed by atoms with van der Waals surface area (Å²) in [4.78, 5) is 54.5. The lowest BCUT2D eigenvalue weighted by molar-refractivity contribution is -0.525. The molecule has 3 saturated carbocycles. The predicted molar refractivity (Wildman–Crippen MR) is 212 cm³/mol. The number of nitrogens with zero attached hydrogens (tertiary/aromatic N) is 2. The van der Waals surface area contributed by atoms with Gasteiger partial charge in [-0.1, -0.05) is 81.7 Å². The van der Waals surface area contributed by atoms with E-state index < -0.39 is 41.7 Å². The fraction of sp³-hybridized carbons (Fsp3) is 0.600. The number of rotatable bonds is 17. The van der Waals surface area contributed by atoms with E-state index in [0.29, 0.717) is 31.1 Å². The number of ether oxygens (including phenoxy) is 1. The quantitative estimate of drug-likeness (QED) is 0.0381. The van der Waals surface area contributed by atoms with Gasteiger partial charge in [-0.25, -0.2) is 19.9 Å². The maximum absolute atomic E-state index is 14.0. The average molecular weight is 774 g/mol. The van der Waals surface area contributed by atoms with E-state index >= 15 is 0 Å². The summed E-state index contributed by atoms with van der Waals surface area (Å²) in [5, 5.41) is 18.6. The van der Waals surface area contributed by atoms with Crippen molar-refractivity contribution in [3.8, 4) is 11.1 Å². The molecule has 1 saturated heterocycles. The fourth-order valence-electron chi connectivity index (χ4n) is 9.35. The molecule has 1 aliphatic heterocycles. The summed E-state index contributed by atoms with van der Waals surface area (Å²) in [5.41, 5.74) is 11.6. The lowest BCUT2D eigenvalue weighted by atomic mass is 9.43. The number of hydrogen-bond acceptors (Lipinski definition) is 9. The molecule has 6 atom stereocenters. The molecule has 2 aromatic carbocycles. The van der Waals surface area contributed by atoms with Crippen LogP contribution in [0.1, 0.15) is 96.6 Å². The van der Waals surface area contributed by atoms with Crippen molar-refractivity contribution in [3.05, 3.63) is 69.8 Å². The highest BCUT2D eigenvalue weighted by atomic mass is 16.7. The van der Waals surface area contributed by atoms with E-state index in [-0.39, 0.29) is 67.8 Å². The maximum Gasteiger partial charge on any atom is 0.481 e. The second kappa shape index (κ2) is 17.2. The minimum atomic E-state index is -0.932. The summed E-state index contributed by atoms with van der Waals surface area (Å²) in [6, 6.07) is 15.3. The minimum Gasteiger partial charge on any atom is -0.449 e. The number of carbonyl (C=O) groups excluding carboxylic acids is 3. The van der Waals surface area contributed by atoms with Crippen LogP contribution in [-0.4, -0.2) is 79.4 Å². The van der Waals surface area contributed by atoms with E-state index in [0.717, 1.165) is 35.1 Å². The van der Waals surface area contributed by atoms with Crippen molar-refractivity contribution in [2.75, 3.05) is 19.7 Å². The smallest absolute Gasteiger partial charge is 0.449 e. The Morgan fingerprint density at radius 1 is 1.04 bits per heavy atom. The number of fused-ring (bicyclic) bond motifs is 3. The van der Waals surface area contributed by atoms with Gasteiger partial charge in [0.05, 0.1) is 17.6 Å². The van der Waals surface area contributed by atoms with Crippen LogP contribution >= 0.6 is 0 Å². The van der Waals surface area contributed by atoms with Gasteiger partial charge in [0.2, 0.25) is 11.8 Å². The Morgan fingerprint density at radius 3 is 2.36 bits per heavy atom. The van der Waals surface area contributed by atoms with Crippen LogP contribution < -0.4 is 27.1 Å². The van der Waals surface area contributed by atoms with Gasteiger partial charge in [-0.05, 0) is 90.9 Å². The van der Waals surface area contributed by atoms with Crippen molar-refractivity contribution in [1.82, 2.24) is 21.4 Å². The molecular weight excluding hydrogens is 717 g/mol. The van der Waals surface area contributed by atoms with Crippen LogP contribution in [0.25, 0.3) is 11.1 Å². The van der Waals surface area contributed by atoms with Gasteiger partial charge in [0.1, 0.15) is 12.6 Å². The zero-order chi connectivity index (χ0) is 40.2. The number of nitro groups is 1. The molecule has 0 radical (unpaired) electrons. The first-order valence-corrected chi connectivity index (χ1v) is 19.9. The minimum absolute atomic E-state index is 0.0495. The van der Waals surface area contributed by atoms with Crippen LogP contribution in [0, 0.1) is 33.3 Å². The molecule has 0 aromatic heterocycles. The summed E-state index contributed by atoms with van der Waals surface area (Å²) in [5.74, 6) is -0.470. The number of carbonyl (C=O) groups is 3. The highest BCUT2D eigenvalue weighted by Crippen LogP contribution is 2.65. The first kappa shape index (κ1) is 41.0. The standard InChI is InChI=1S/C40H56BN7O8/c1-24(2)20-34(41-55-33-22-25-21-32(39(25,3)4)40(33,5)56-41)46-36(50)31(16-10-18-43-37(42)47-48(52)53)45-35(49)17-11-19-44-38(51)54-23-30-28-14-8-6-12-26(28)27-13-7-9-15-29(27)30/h6-9,12-15,24-25,30-34H,10-11,16-23H2,1-5H3,(H,44,51)(H,45,49)(H,46,50)(H3,42,43,47)/t25-,31-,32-,33+,34-,40-/m0/s1. The molecule has 2 aromatic rings. The summed E-state index contributed by atoms with van der Waals surface area (Å²) in [7, 11) is -0.635. The monoisotopic (exact) mass is 773 g/mol. The van der Waals surface area contributed by atoms with Crippen molar-refractivity contribution in [2.45, 2.75) is 109 Å². The molecule has 4 aliphatic carbocycles. The maximum atomic E-state index is 14.0. The number of benzene rings is 2. The Bertz CT molecular complexity index is 1760. The molecule has 2 bridgehead atoms. The molecule has 1 heterocycles. The summed E-state index contributed by atoms with van der Waals surface area (Å²) < 4.78 is 18.9. The van der Waals surface area contributed by atoms with Crippen LogP contribution in [0.3, 0.4) is 0 Å². The molecule has 56 heavy (non-hydrogen) atoms. The highest BCUT2D eigenvalue weighted by molar-refractivity contribution is 6.48. The van der Waals surface area contributed by atoms with Gasteiger partial charge in [-0.3, -0.25) is 9.59 Å². The van der Waals surface area contributed by atoms with Gasteiger partial charge in [-0.2, -0.15) is 0 Å². The number of nitrogens with two attached hydrogens (primary N) is 1. The zero-order valence-corrected chi connectivity index (χ0v) is 33.0. The van der Waals surface area contributed by atoms with E-state index in [1.165, 1.54) is 0 Å². The number of nitrogens with one attached hydrogen (secondary N) is 4. The Hall–Kier alpha value is -4.70. The number of amides is 3. The van der Waals surface area contributed by atoms with Crippen LogP contribution in [0.2, 0.25) is 0 Å². The van der Waals surface area contributed by atoms with Crippen molar-refractivity contribution in [1.29, 1.82) is 0 Å². The zero-order valence-electron chi connectivity index (χ0n) is 33.0. The van der Waals surface area contributed by atoms with Crippen molar-refractivity contribution in [3.63, 3.8) is 0 Å². The molecule has 3 amide bonds. The van der Waals surface area contributed by atoms with Gasteiger partial charge >= 0.3 is 13.2 Å². The molecular formula is C40H56BN7O8. The lowest BCUT2D eigenvalue weighted by Crippen LogP contribution is -2.65. The van der Waals surface area contributed by atoms with Gasteiger partial charge in [0.15, 0.2) is 5.03 Å². The van der Waals surface area contributed by atoms with E-state index in [9.17, 15) is 24.5 Å². The van der Waals surface area contributed by atoms with Crippen molar-refractivity contribution in [2.24, 2.45) is 33.9 Å². The molecule has 0 unspecified atom stereocenters. The first-order valence-electron chi connectivity index (χ1n) is 19.9. The number of hydrogen-bond donors (Lipinski definition) is 5. The molecule has 15 nitrogen and oxygen atoms in total. The second-order valence-corrected chi connectivity index (χ2v) is 16.8. The van der Waals surface area contributed by atoms with E-state index in [2.05, 4.69) is 79.8 Å². The molecule has 5 aliphatic rings. The first-order chi connectivity index (χ1) is 26.7. The topological polar surface area (TPSA) is 209 Å². The predicted octanol–water partition coefficient (Wildman–Crippen LogP) is 4.46. The largest absolute Gasteiger partial charge is 0.481 e. The number of aliphatic imine (C=N–C) groups is 1. The molecule has 302 valence electrons. The summed E-state index contributed by atoms with van der Waals surface area (Å²) >= 11 is 0. The Balaban J connectivity index is 1.02. The van der Waals surface area contributed by atoms with Crippen molar-refractivity contribution < 1.29 is 33.5 Å². The Morgan fingerprint density at radius 2 is 1.71 bits per heavy atom. The molecule has 6 N–H and O–H groups in total.